The molecule has 1 aromatic heterocycles. The van der Waals surface area contributed by atoms with Crippen molar-refractivity contribution in [2.24, 2.45) is 12.8 Å². The lowest BCUT2D eigenvalue weighted by Gasteiger charge is -2.16. The maximum absolute atomic E-state index is 5.98. The van der Waals surface area contributed by atoms with Crippen LogP contribution in [0.3, 0.4) is 0 Å². The Bertz CT molecular complexity index is 563. The molecule has 1 aromatic carbocycles. The molecule has 0 aliphatic heterocycles. The molecule has 1 heterocycles. The van der Waals surface area contributed by atoms with Gasteiger partial charge in [0.1, 0.15) is 5.75 Å². The number of aryl methyl sites for hydroxylation is 2. The molecule has 4 heteroatoms. The zero-order valence-electron chi connectivity index (χ0n) is 12.5. The van der Waals surface area contributed by atoms with Crippen LogP contribution in [0.1, 0.15) is 36.2 Å². The van der Waals surface area contributed by atoms with Gasteiger partial charge < -0.3 is 10.5 Å². The average Bonchev–Trinajstić information content (AvgIpc) is 2.77. The Hall–Kier alpha value is -1.81. The summed E-state index contributed by atoms with van der Waals surface area (Å²) in [7, 11) is 1.96. The second-order valence-corrected chi connectivity index (χ2v) is 5.04. The predicted octanol–water partition coefficient (Wildman–Crippen LogP) is 2.61. The minimum absolute atomic E-state index is 0.145. The van der Waals surface area contributed by atoms with Crippen LogP contribution in [0.25, 0.3) is 0 Å². The van der Waals surface area contributed by atoms with Gasteiger partial charge in [0.25, 0.3) is 0 Å². The van der Waals surface area contributed by atoms with Gasteiger partial charge in [-0.05, 0) is 37.1 Å². The van der Waals surface area contributed by atoms with Crippen LogP contribution in [0, 0.1) is 6.92 Å². The van der Waals surface area contributed by atoms with E-state index < -0.39 is 0 Å². The van der Waals surface area contributed by atoms with Gasteiger partial charge in [0.05, 0.1) is 12.3 Å². The first-order chi connectivity index (χ1) is 9.65. The molecule has 108 valence electrons. The lowest BCUT2D eigenvalue weighted by atomic mass is 9.95. The molecule has 0 spiro atoms. The summed E-state index contributed by atoms with van der Waals surface area (Å²) in [6.07, 6.45) is 1.01. The molecule has 2 rings (SSSR count). The number of rotatable bonds is 6. The first-order valence-corrected chi connectivity index (χ1v) is 7.09. The van der Waals surface area contributed by atoms with E-state index in [1.165, 1.54) is 5.56 Å². The number of nitrogens with zero attached hydrogens (tertiary/aromatic N) is 2. The molecule has 0 amide bonds. The molecule has 20 heavy (non-hydrogen) atoms. The minimum Gasteiger partial charge on any atom is -0.494 e. The Morgan fingerprint density at radius 1 is 1.35 bits per heavy atom. The third kappa shape index (κ3) is 3.20. The molecule has 0 radical (unpaired) electrons. The number of aromatic nitrogens is 2. The van der Waals surface area contributed by atoms with Crippen molar-refractivity contribution in [3.8, 4) is 5.75 Å². The third-order valence-corrected chi connectivity index (χ3v) is 3.36. The van der Waals surface area contributed by atoms with Gasteiger partial charge in [-0.15, -0.1) is 0 Å². The van der Waals surface area contributed by atoms with E-state index in [9.17, 15) is 0 Å². The van der Waals surface area contributed by atoms with Crippen LogP contribution < -0.4 is 10.5 Å². The summed E-state index contributed by atoms with van der Waals surface area (Å²) in [6, 6.07) is 10.3. The van der Waals surface area contributed by atoms with E-state index in [1.807, 2.05) is 30.8 Å². The van der Waals surface area contributed by atoms with Gasteiger partial charge in [0.2, 0.25) is 0 Å². The van der Waals surface area contributed by atoms with Crippen molar-refractivity contribution in [1.82, 2.24) is 9.78 Å². The second-order valence-electron chi connectivity index (χ2n) is 5.04. The molecule has 0 bridgehead atoms. The number of hydrogen-bond acceptors (Lipinski definition) is 3. The van der Waals surface area contributed by atoms with Crippen molar-refractivity contribution < 1.29 is 4.74 Å². The fourth-order valence-corrected chi connectivity index (χ4v) is 2.43. The predicted molar refractivity (Wildman–Crippen MR) is 81.1 cm³/mol. The van der Waals surface area contributed by atoms with E-state index in [4.69, 9.17) is 10.5 Å². The molecule has 0 aliphatic carbocycles. The van der Waals surface area contributed by atoms with Crippen LogP contribution in [-0.2, 0) is 7.05 Å². The highest BCUT2D eigenvalue weighted by Crippen LogP contribution is 2.26. The number of ether oxygens (including phenoxy) is 1. The first-order valence-electron chi connectivity index (χ1n) is 7.09. The Kier molecular flexibility index (Phi) is 4.79. The van der Waals surface area contributed by atoms with Crippen molar-refractivity contribution in [1.29, 1.82) is 0 Å². The molecule has 0 aliphatic rings. The van der Waals surface area contributed by atoms with Crippen LogP contribution in [-0.4, -0.2) is 22.9 Å². The second kappa shape index (κ2) is 6.57. The van der Waals surface area contributed by atoms with Gasteiger partial charge in [0.15, 0.2) is 0 Å². The van der Waals surface area contributed by atoms with Crippen LogP contribution in [0.2, 0.25) is 0 Å². The van der Waals surface area contributed by atoms with Crippen molar-refractivity contribution in [3.05, 3.63) is 47.3 Å². The molecular formula is C16H23N3O. The monoisotopic (exact) mass is 273 g/mol. The standard InChI is InChI=1S/C16H23N3O/c1-4-8-20-14-7-5-6-13(10-14)15(11-17)16-9-12(2)18-19(16)3/h5-7,9-10,15H,4,8,11,17H2,1-3H3. The lowest BCUT2D eigenvalue weighted by molar-refractivity contribution is 0.317. The lowest BCUT2D eigenvalue weighted by Crippen LogP contribution is -2.17. The zero-order chi connectivity index (χ0) is 14.5. The Balaban J connectivity index is 2.29. The van der Waals surface area contributed by atoms with E-state index in [0.29, 0.717) is 6.54 Å². The summed E-state index contributed by atoms with van der Waals surface area (Å²) in [5.41, 5.74) is 9.30. The van der Waals surface area contributed by atoms with E-state index in [2.05, 4.69) is 30.2 Å². The van der Waals surface area contributed by atoms with E-state index in [-0.39, 0.29) is 5.92 Å². The maximum Gasteiger partial charge on any atom is 0.119 e. The molecule has 0 fully saturated rings. The molecule has 2 N–H and O–H groups in total. The van der Waals surface area contributed by atoms with Crippen molar-refractivity contribution in [2.45, 2.75) is 26.2 Å². The summed E-state index contributed by atoms with van der Waals surface area (Å²) in [5.74, 6) is 1.05. The molecule has 4 nitrogen and oxygen atoms in total. The summed E-state index contributed by atoms with van der Waals surface area (Å²) >= 11 is 0. The van der Waals surface area contributed by atoms with Gasteiger partial charge in [-0.25, -0.2) is 0 Å². The fourth-order valence-electron chi connectivity index (χ4n) is 2.43. The van der Waals surface area contributed by atoms with Gasteiger partial charge in [-0.2, -0.15) is 5.10 Å². The smallest absolute Gasteiger partial charge is 0.119 e. The van der Waals surface area contributed by atoms with Crippen molar-refractivity contribution in [3.63, 3.8) is 0 Å². The summed E-state index contributed by atoms with van der Waals surface area (Å²) in [5, 5.41) is 4.41. The molecule has 1 unspecified atom stereocenters. The average molecular weight is 273 g/mol. The normalized spacial score (nSPS) is 12.4. The zero-order valence-corrected chi connectivity index (χ0v) is 12.5. The Morgan fingerprint density at radius 3 is 2.75 bits per heavy atom. The fraction of sp³-hybridized carbons (Fsp3) is 0.438. The quantitative estimate of drug-likeness (QED) is 0.880. The van der Waals surface area contributed by atoms with Crippen LogP contribution in [0.5, 0.6) is 5.75 Å². The van der Waals surface area contributed by atoms with Gasteiger partial charge in [-0.1, -0.05) is 19.1 Å². The highest BCUT2D eigenvalue weighted by molar-refractivity contribution is 5.36. The Morgan fingerprint density at radius 2 is 2.15 bits per heavy atom. The maximum atomic E-state index is 5.98. The summed E-state index contributed by atoms with van der Waals surface area (Å²) in [6.45, 7) is 5.39. The van der Waals surface area contributed by atoms with E-state index in [1.54, 1.807) is 0 Å². The van der Waals surface area contributed by atoms with Crippen LogP contribution >= 0.6 is 0 Å². The van der Waals surface area contributed by atoms with Crippen molar-refractivity contribution >= 4 is 0 Å². The molecule has 0 saturated heterocycles. The Labute approximate surface area is 120 Å². The highest BCUT2D eigenvalue weighted by Gasteiger charge is 2.17. The molecule has 2 aromatic rings. The van der Waals surface area contributed by atoms with Gasteiger partial charge in [-0.3, -0.25) is 4.68 Å². The summed E-state index contributed by atoms with van der Waals surface area (Å²) < 4.78 is 7.61. The van der Waals surface area contributed by atoms with Gasteiger partial charge in [0, 0.05) is 25.2 Å². The van der Waals surface area contributed by atoms with E-state index in [0.717, 1.165) is 30.2 Å². The topological polar surface area (TPSA) is 53.1 Å². The first kappa shape index (κ1) is 14.6. The summed E-state index contributed by atoms with van der Waals surface area (Å²) in [4.78, 5) is 0. The largest absolute Gasteiger partial charge is 0.494 e. The molecule has 0 saturated carbocycles. The molecule has 1 atom stereocenters. The van der Waals surface area contributed by atoms with Gasteiger partial charge >= 0.3 is 0 Å². The SMILES string of the molecule is CCCOc1cccc(C(CN)c2cc(C)nn2C)c1. The number of benzene rings is 1. The molecular weight excluding hydrogens is 250 g/mol. The minimum atomic E-state index is 0.145. The van der Waals surface area contributed by atoms with Crippen LogP contribution in [0.15, 0.2) is 30.3 Å². The highest BCUT2D eigenvalue weighted by atomic mass is 16.5. The van der Waals surface area contributed by atoms with E-state index >= 15 is 0 Å². The number of nitrogens with two attached hydrogens (primary N) is 1. The third-order valence-electron chi connectivity index (χ3n) is 3.36. The van der Waals surface area contributed by atoms with Crippen LogP contribution in [0.4, 0.5) is 0 Å². The van der Waals surface area contributed by atoms with Crippen molar-refractivity contribution in [2.75, 3.05) is 13.2 Å². The number of hydrogen-bond donors (Lipinski definition) is 1.